The summed E-state index contributed by atoms with van der Waals surface area (Å²) in [6, 6.07) is 26.8. The van der Waals surface area contributed by atoms with Crippen LogP contribution in [0.3, 0.4) is 0 Å². The van der Waals surface area contributed by atoms with Crippen molar-refractivity contribution < 1.29 is 19.4 Å². The highest BCUT2D eigenvalue weighted by atomic mass is 16.7. The minimum Gasteiger partial charge on any atom is -0.392 e. The Morgan fingerprint density at radius 1 is 0.800 bits per heavy atom. The van der Waals surface area contributed by atoms with Crippen LogP contribution in [0, 0.1) is 23.7 Å². The van der Waals surface area contributed by atoms with Crippen molar-refractivity contribution in [3.63, 3.8) is 0 Å². The molecule has 0 spiro atoms. The lowest BCUT2D eigenvalue weighted by Crippen LogP contribution is -2.61. The maximum Gasteiger partial charge on any atom is 0.315 e. The average Bonchev–Trinajstić information content (AvgIpc) is 3.21. The first-order valence-electron chi connectivity index (χ1n) is 20.4. The second-order valence-electron chi connectivity index (χ2n) is 17.0. The molecule has 3 N–H and O–H groups in total. The fourth-order valence-corrected chi connectivity index (χ4v) is 10.6. The molecule has 10 nitrogen and oxygen atoms in total. The zero-order chi connectivity index (χ0) is 37.4. The van der Waals surface area contributed by atoms with Gasteiger partial charge in [0.15, 0.2) is 6.29 Å². The number of piperazine rings is 1. The molecule has 6 fully saturated rings. The molecule has 0 radical (unpaired) electrons. The number of nitrogens with zero attached hydrogens (tertiary/aromatic N) is 4. The van der Waals surface area contributed by atoms with Gasteiger partial charge >= 0.3 is 6.03 Å². The molecule has 2 aliphatic heterocycles. The van der Waals surface area contributed by atoms with E-state index >= 15 is 0 Å². The van der Waals surface area contributed by atoms with Crippen molar-refractivity contribution in [3.05, 3.63) is 114 Å². The molecule has 10 heteroatoms. The van der Waals surface area contributed by atoms with Gasteiger partial charge in [-0.15, -0.1) is 0 Å². The van der Waals surface area contributed by atoms with E-state index in [2.05, 4.69) is 98.0 Å². The maximum atomic E-state index is 13.2. The number of anilines is 1. The molecular weight excluding hydrogens is 689 g/mol. The summed E-state index contributed by atoms with van der Waals surface area (Å²) in [5, 5.41) is 16.3. The van der Waals surface area contributed by atoms with Crippen LogP contribution in [0.4, 0.5) is 10.7 Å². The molecule has 3 aromatic carbocycles. The van der Waals surface area contributed by atoms with Crippen LogP contribution in [0.2, 0.25) is 0 Å². The first-order valence-corrected chi connectivity index (χ1v) is 20.4. The lowest BCUT2D eigenvalue weighted by Gasteiger charge is -2.56. The van der Waals surface area contributed by atoms with E-state index in [1.54, 1.807) is 12.4 Å². The smallest absolute Gasteiger partial charge is 0.315 e. The zero-order valence-corrected chi connectivity index (χ0v) is 31.9. The average molecular weight is 743 g/mol. The fourth-order valence-electron chi connectivity index (χ4n) is 10.6. The van der Waals surface area contributed by atoms with E-state index in [1.807, 2.05) is 18.2 Å². The number of rotatable bonds is 10. The molecule has 1 aromatic heterocycles. The third-order valence-corrected chi connectivity index (χ3v) is 13.1. The van der Waals surface area contributed by atoms with E-state index in [4.69, 9.17) is 9.47 Å². The lowest BCUT2D eigenvalue weighted by atomic mass is 9.53. The Morgan fingerprint density at radius 3 is 2.16 bits per heavy atom. The number of hydrogen-bond donors (Lipinski definition) is 3. The predicted octanol–water partition coefficient (Wildman–Crippen LogP) is 7.02. The summed E-state index contributed by atoms with van der Waals surface area (Å²) in [4.78, 5) is 26.9. The van der Waals surface area contributed by atoms with Gasteiger partial charge in [0, 0.05) is 68.7 Å². The van der Waals surface area contributed by atoms with Crippen LogP contribution in [0.1, 0.15) is 80.1 Å². The quantitative estimate of drug-likeness (QED) is 0.159. The number of urea groups is 1. The summed E-state index contributed by atoms with van der Waals surface area (Å²) in [6.45, 7) is 7.02. The van der Waals surface area contributed by atoms with Gasteiger partial charge in [0.1, 0.15) is 0 Å². The Balaban J connectivity index is 0.885. The van der Waals surface area contributed by atoms with E-state index in [0.717, 1.165) is 109 Å². The number of ether oxygens (including phenoxy) is 2. The Labute approximate surface area is 324 Å². The van der Waals surface area contributed by atoms with Crippen LogP contribution in [0.25, 0.3) is 11.1 Å². The van der Waals surface area contributed by atoms with Crippen molar-refractivity contribution in [2.75, 3.05) is 37.6 Å². The summed E-state index contributed by atoms with van der Waals surface area (Å²) < 4.78 is 13.7. The van der Waals surface area contributed by atoms with Crippen molar-refractivity contribution in [1.82, 2.24) is 25.5 Å². The second-order valence-corrected chi connectivity index (χ2v) is 17.0. The van der Waals surface area contributed by atoms with Gasteiger partial charge in [-0.3, -0.25) is 4.90 Å². The van der Waals surface area contributed by atoms with Gasteiger partial charge in [-0.25, -0.2) is 14.8 Å². The summed E-state index contributed by atoms with van der Waals surface area (Å²) in [6.07, 6.45) is 10.3. The molecule has 55 heavy (non-hydrogen) atoms. The van der Waals surface area contributed by atoms with E-state index in [1.165, 1.54) is 19.3 Å². The number of carbonyl (C=O) groups excluding carboxylic acids is 1. The molecule has 4 aliphatic carbocycles. The van der Waals surface area contributed by atoms with Crippen molar-refractivity contribution in [2.45, 2.75) is 82.6 Å². The number of benzene rings is 3. The molecule has 4 bridgehead atoms. The summed E-state index contributed by atoms with van der Waals surface area (Å²) in [7, 11) is 0. The minimum atomic E-state index is -0.555. The van der Waals surface area contributed by atoms with Crippen LogP contribution >= 0.6 is 0 Å². The predicted molar refractivity (Wildman–Crippen MR) is 212 cm³/mol. The Bertz CT molecular complexity index is 1900. The normalized spacial score (nSPS) is 30.3. The number of hydrogen-bond acceptors (Lipinski definition) is 8. The molecule has 2 amide bonds. The van der Waals surface area contributed by atoms with Gasteiger partial charge in [-0.1, -0.05) is 67.6 Å². The minimum absolute atomic E-state index is 0.00412. The molecule has 3 heterocycles. The number of amides is 2. The van der Waals surface area contributed by atoms with Crippen LogP contribution in [0.15, 0.2) is 91.3 Å². The van der Waals surface area contributed by atoms with Gasteiger partial charge < -0.3 is 30.1 Å². The Kier molecular flexibility index (Phi) is 10.3. The maximum absolute atomic E-state index is 13.2. The molecule has 6 aliphatic rings. The Morgan fingerprint density at radius 2 is 1.47 bits per heavy atom. The summed E-state index contributed by atoms with van der Waals surface area (Å²) in [5.74, 6) is 3.25. The van der Waals surface area contributed by atoms with Gasteiger partial charge in [0.05, 0.1) is 18.8 Å². The van der Waals surface area contributed by atoms with E-state index in [-0.39, 0.29) is 36.3 Å². The summed E-state index contributed by atoms with van der Waals surface area (Å²) in [5.41, 5.74) is 6.14. The SMILES string of the molecule is CC1C(CN2CCN(c3ncccn3)CC2)OC(c2cccc(-c3cccc(CNC(=O)NC45CC6CC(CC(C6)C4)C5)c3)c2)OC1c1ccc(CO)cc1. The van der Waals surface area contributed by atoms with Crippen molar-refractivity contribution >= 4 is 12.0 Å². The monoisotopic (exact) mass is 742 g/mol. The number of aromatic nitrogens is 2. The number of aliphatic hydroxyl groups excluding tert-OH is 1. The number of nitrogens with one attached hydrogen (secondary N) is 2. The number of aliphatic hydroxyl groups is 1. The van der Waals surface area contributed by atoms with E-state index in [0.29, 0.717) is 6.54 Å². The van der Waals surface area contributed by atoms with E-state index < -0.39 is 6.29 Å². The molecule has 288 valence electrons. The van der Waals surface area contributed by atoms with Crippen molar-refractivity contribution in [2.24, 2.45) is 23.7 Å². The topological polar surface area (TPSA) is 112 Å². The first-order chi connectivity index (χ1) is 26.9. The molecular formula is C45H54N6O4. The lowest BCUT2D eigenvalue weighted by molar-refractivity contribution is -0.276. The molecule has 10 rings (SSSR count). The standard InChI is InChI=1S/C45H54N6O4/c1-30-40(28-50-15-17-51(18-16-50)43-46-13-4-14-47-43)54-42(55-41(30)36-11-9-31(29-52)10-12-36)39-8-3-7-38(23-39)37-6-2-5-32(22-37)27-48-44(53)49-45-24-33-19-34(25-45)21-35(20-33)26-45/h2-14,22-23,30,33-35,40-42,52H,15-21,24-29H2,1H3,(H2,48,49,53). The molecule has 4 unspecified atom stereocenters. The molecule has 2 saturated heterocycles. The van der Waals surface area contributed by atoms with Crippen molar-refractivity contribution in [3.8, 4) is 11.1 Å². The van der Waals surface area contributed by atoms with Gasteiger partial charge in [-0.05, 0) is 102 Å². The van der Waals surface area contributed by atoms with Crippen molar-refractivity contribution in [1.29, 1.82) is 0 Å². The highest BCUT2D eigenvalue weighted by Crippen LogP contribution is 2.55. The zero-order valence-electron chi connectivity index (χ0n) is 31.9. The van der Waals surface area contributed by atoms with Gasteiger partial charge in [-0.2, -0.15) is 0 Å². The summed E-state index contributed by atoms with van der Waals surface area (Å²) >= 11 is 0. The highest BCUT2D eigenvalue weighted by Gasteiger charge is 2.51. The van der Waals surface area contributed by atoms with Crippen LogP contribution in [0.5, 0.6) is 0 Å². The van der Waals surface area contributed by atoms with E-state index in [9.17, 15) is 9.90 Å². The van der Waals surface area contributed by atoms with Crippen LogP contribution in [-0.2, 0) is 22.6 Å². The largest absolute Gasteiger partial charge is 0.392 e. The number of carbonyl (C=O) groups is 1. The first kappa shape index (κ1) is 36.3. The molecule has 4 aromatic rings. The van der Waals surface area contributed by atoms with Gasteiger partial charge in [0.2, 0.25) is 5.95 Å². The second kappa shape index (κ2) is 15.7. The fraction of sp³-hybridized carbons (Fsp3) is 0.489. The third kappa shape index (κ3) is 8.01. The highest BCUT2D eigenvalue weighted by molar-refractivity contribution is 5.75. The van der Waals surface area contributed by atoms with Gasteiger partial charge in [0.25, 0.3) is 0 Å². The third-order valence-electron chi connectivity index (χ3n) is 13.1. The van der Waals surface area contributed by atoms with Crippen LogP contribution in [-0.4, -0.2) is 70.4 Å². The Hall–Kier alpha value is -4.35. The molecule has 4 saturated carbocycles. The van der Waals surface area contributed by atoms with Crippen LogP contribution < -0.4 is 15.5 Å². The molecule has 4 atom stereocenters.